The Hall–Kier alpha value is -0.170. The van der Waals surface area contributed by atoms with Gasteiger partial charge in [0.1, 0.15) is 12.2 Å². The number of nitrogens with zero attached hydrogens (tertiary/aromatic N) is 3. The summed E-state index contributed by atoms with van der Waals surface area (Å²) in [5.74, 6) is 1.01. The second-order valence-electron chi connectivity index (χ2n) is 3.08. The van der Waals surface area contributed by atoms with E-state index in [0.29, 0.717) is 6.04 Å². The molecule has 0 atom stereocenters. The molecule has 1 N–H and O–H groups in total. The molecule has 0 aliphatic rings. The number of alkyl halides is 1. The van der Waals surface area contributed by atoms with Gasteiger partial charge in [-0.25, -0.2) is 9.67 Å². The van der Waals surface area contributed by atoms with E-state index in [1.165, 1.54) is 0 Å². The summed E-state index contributed by atoms with van der Waals surface area (Å²) < 4.78 is 3.06. The molecule has 1 aromatic rings. The minimum atomic E-state index is 0.388. The third kappa shape index (κ3) is 3.22. The van der Waals surface area contributed by atoms with Gasteiger partial charge >= 0.3 is 0 Å². The van der Waals surface area contributed by atoms with Crippen molar-refractivity contribution < 1.29 is 0 Å². The zero-order valence-electron chi connectivity index (χ0n) is 8.00. The zero-order valence-corrected chi connectivity index (χ0v) is 10.2. The van der Waals surface area contributed by atoms with Crippen LogP contribution in [0.25, 0.3) is 0 Å². The summed E-state index contributed by atoms with van der Waals surface area (Å²) in [6, 6.07) is 0.388. The summed E-state index contributed by atoms with van der Waals surface area (Å²) in [5, 5.41) is 7.46. The zero-order chi connectivity index (χ0) is 9.68. The number of nitrogens with one attached hydrogen (secondary N) is 1. The largest absolute Gasteiger partial charge is 0.309 e. The average molecular weight is 294 g/mol. The fourth-order valence-corrected chi connectivity index (χ4v) is 1.48. The summed E-state index contributed by atoms with van der Waals surface area (Å²) in [4.78, 5) is 4.20. The first kappa shape index (κ1) is 10.9. The van der Waals surface area contributed by atoms with Crippen LogP contribution in [0.5, 0.6) is 0 Å². The molecule has 0 fully saturated rings. The molecule has 1 heterocycles. The molecule has 0 spiro atoms. The maximum atomic E-state index is 4.20. The van der Waals surface area contributed by atoms with Gasteiger partial charge in [0.15, 0.2) is 0 Å². The van der Waals surface area contributed by atoms with Gasteiger partial charge < -0.3 is 5.32 Å². The summed E-state index contributed by atoms with van der Waals surface area (Å²) in [6.45, 7) is 6.04. The first-order valence-corrected chi connectivity index (χ1v) is 5.93. The molecule has 0 amide bonds. The van der Waals surface area contributed by atoms with Crippen LogP contribution in [0.2, 0.25) is 0 Å². The summed E-state index contributed by atoms with van der Waals surface area (Å²) in [6.07, 6.45) is 1.61. The van der Waals surface area contributed by atoms with Crippen molar-refractivity contribution in [3.05, 3.63) is 12.2 Å². The van der Waals surface area contributed by atoms with Gasteiger partial charge in [-0.1, -0.05) is 22.6 Å². The third-order valence-corrected chi connectivity index (χ3v) is 2.23. The van der Waals surface area contributed by atoms with Crippen LogP contribution in [-0.4, -0.2) is 25.7 Å². The molecule has 5 heteroatoms. The molecule has 0 unspecified atom stereocenters. The van der Waals surface area contributed by atoms with Crippen LogP contribution in [-0.2, 0) is 6.54 Å². The highest BCUT2D eigenvalue weighted by molar-refractivity contribution is 14.1. The maximum Gasteiger partial charge on any atom is 0.141 e. The number of halogens is 1. The lowest BCUT2D eigenvalue weighted by Gasteiger charge is -2.09. The van der Waals surface area contributed by atoms with Gasteiger partial charge in [-0.05, 0) is 13.8 Å². The molecule has 13 heavy (non-hydrogen) atoms. The number of aromatic nitrogens is 3. The highest BCUT2D eigenvalue weighted by atomic mass is 127. The van der Waals surface area contributed by atoms with E-state index in [1.807, 2.05) is 4.68 Å². The van der Waals surface area contributed by atoms with E-state index in [0.717, 1.165) is 23.3 Å². The molecule has 1 rings (SSSR count). The van der Waals surface area contributed by atoms with Crippen LogP contribution in [0, 0.1) is 0 Å². The van der Waals surface area contributed by atoms with Crippen LogP contribution in [0.4, 0.5) is 0 Å². The van der Waals surface area contributed by atoms with Gasteiger partial charge in [-0.2, -0.15) is 5.10 Å². The van der Waals surface area contributed by atoms with E-state index in [-0.39, 0.29) is 0 Å². The Labute approximate surface area is 92.3 Å². The van der Waals surface area contributed by atoms with Crippen molar-refractivity contribution in [1.82, 2.24) is 20.1 Å². The van der Waals surface area contributed by atoms with E-state index in [9.17, 15) is 0 Å². The molecule has 0 aliphatic heterocycles. The van der Waals surface area contributed by atoms with E-state index in [1.54, 1.807) is 6.33 Å². The van der Waals surface area contributed by atoms with Crippen molar-refractivity contribution in [2.24, 2.45) is 0 Å². The predicted octanol–water partition coefficient (Wildman–Crippen LogP) is 1.38. The SMILES string of the molecule is CC(C)n1ncnc1CNCCI. The Morgan fingerprint density at radius 3 is 3.00 bits per heavy atom. The lowest BCUT2D eigenvalue weighted by atomic mass is 10.4. The van der Waals surface area contributed by atoms with Crippen molar-refractivity contribution in [3.8, 4) is 0 Å². The van der Waals surface area contributed by atoms with Gasteiger partial charge in [0, 0.05) is 17.0 Å². The average Bonchev–Trinajstić information content (AvgIpc) is 2.53. The van der Waals surface area contributed by atoms with Crippen molar-refractivity contribution in [3.63, 3.8) is 0 Å². The lowest BCUT2D eigenvalue weighted by Crippen LogP contribution is -2.20. The second kappa shape index (κ2) is 5.54. The minimum absolute atomic E-state index is 0.388. The molecule has 1 aromatic heterocycles. The van der Waals surface area contributed by atoms with Crippen molar-refractivity contribution in [2.75, 3.05) is 11.0 Å². The van der Waals surface area contributed by atoms with Crippen molar-refractivity contribution in [1.29, 1.82) is 0 Å². The van der Waals surface area contributed by atoms with Crippen LogP contribution in [0.15, 0.2) is 6.33 Å². The van der Waals surface area contributed by atoms with Gasteiger partial charge in [-0.15, -0.1) is 0 Å². The van der Waals surface area contributed by atoms with E-state index >= 15 is 0 Å². The number of rotatable bonds is 5. The van der Waals surface area contributed by atoms with E-state index < -0.39 is 0 Å². The maximum absolute atomic E-state index is 4.20. The predicted molar refractivity (Wildman–Crippen MR) is 61.0 cm³/mol. The fraction of sp³-hybridized carbons (Fsp3) is 0.750. The van der Waals surface area contributed by atoms with E-state index in [4.69, 9.17) is 0 Å². The first-order valence-electron chi connectivity index (χ1n) is 4.40. The second-order valence-corrected chi connectivity index (χ2v) is 4.16. The molecule has 0 aromatic carbocycles. The van der Waals surface area contributed by atoms with Gasteiger partial charge in [0.05, 0.1) is 6.54 Å². The van der Waals surface area contributed by atoms with Gasteiger partial charge in [0.25, 0.3) is 0 Å². The normalized spacial score (nSPS) is 11.1. The Morgan fingerprint density at radius 1 is 1.62 bits per heavy atom. The summed E-state index contributed by atoms with van der Waals surface area (Å²) in [5.41, 5.74) is 0. The topological polar surface area (TPSA) is 42.7 Å². The van der Waals surface area contributed by atoms with Crippen LogP contribution in [0.3, 0.4) is 0 Å². The molecule has 0 aliphatic carbocycles. The highest BCUT2D eigenvalue weighted by Crippen LogP contribution is 2.04. The quantitative estimate of drug-likeness (QED) is 0.507. The standard InChI is InChI=1S/C8H15IN4/c1-7(2)13-8(11-6-12-13)5-10-4-3-9/h6-7,10H,3-5H2,1-2H3. The summed E-state index contributed by atoms with van der Waals surface area (Å²) in [7, 11) is 0. The van der Waals surface area contributed by atoms with Crippen molar-refractivity contribution in [2.45, 2.75) is 26.4 Å². The summed E-state index contributed by atoms with van der Waals surface area (Å²) >= 11 is 2.35. The van der Waals surface area contributed by atoms with Gasteiger partial charge in [0.2, 0.25) is 0 Å². The molecule has 0 saturated heterocycles. The Morgan fingerprint density at radius 2 is 2.38 bits per heavy atom. The van der Waals surface area contributed by atoms with E-state index in [2.05, 4.69) is 51.8 Å². The number of hydrogen-bond donors (Lipinski definition) is 1. The van der Waals surface area contributed by atoms with Crippen LogP contribution >= 0.6 is 22.6 Å². The van der Waals surface area contributed by atoms with Crippen LogP contribution in [0.1, 0.15) is 25.7 Å². The minimum Gasteiger partial charge on any atom is -0.309 e. The Bertz CT molecular complexity index is 246. The smallest absolute Gasteiger partial charge is 0.141 e. The van der Waals surface area contributed by atoms with Gasteiger partial charge in [-0.3, -0.25) is 0 Å². The van der Waals surface area contributed by atoms with Crippen LogP contribution < -0.4 is 5.32 Å². The molecule has 4 nitrogen and oxygen atoms in total. The fourth-order valence-electron chi connectivity index (χ4n) is 1.10. The third-order valence-electron chi connectivity index (χ3n) is 1.69. The highest BCUT2D eigenvalue weighted by Gasteiger charge is 2.05. The molecular weight excluding hydrogens is 279 g/mol. The number of hydrogen-bond acceptors (Lipinski definition) is 3. The molecule has 0 saturated carbocycles. The monoisotopic (exact) mass is 294 g/mol. The first-order chi connectivity index (χ1) is 6.25. The molecule has 0 bridgehead atoms. The molecule has 0 radical (unpaired) electrons. The lowest BCUT2D eigenvalue weighted by molar-refractivity contribution is 0.493. The Balaban J connectivity index is 2.50. The van der Waals surface area contributed by atoms with Crippen molar-refractivity contribution >= 4 is 22.6 Å². The molecular formula is C8H15IN4. The Kier molecular flexibility index (Phi) is 4.65. The molecule has 74 valence electrons.